The average Bonchev–Trinajstić information content (AvgIpc) is 2.41. The zero-order valence-electron chi connectivity index (χ0n) is 10.9. The van der Waals surface area contributed by atoms with E-state index in [2.05, 4.69) is 10.3 Å². The summed E-state index contributed by atoms with van der Waals surface area (Å²) >= 11 is 5.86. The second-order valence-corrected chi connectivity index (χ2v) is 4.52. The molecule has 2 rings (SSSR count). The number of anilines is 2. The first-order chi connectivity index (χ1) is 9.61. The van der Waals surface area contributed by atoms with Crippen LogP contribution in [0.3, 0.4) is 0 Å². The highest BCUT2D eigenvalue weighted by atomic mass is 35.5. The van der Waals surface area contributed by atoms with E-state index in [1.807, 2.05) is 24.3 Å². The third-order valence-corrected chi connectivity index (χ3v) is 2.93. The Morgan fingerprint density at radius 1 is 1.40 bits per heavy atom. The van der Waals surface area contributed by atoms with E-state index in [0.717, 1.165) is 11.3 Å². The monoisotopic (exact) mass is 291 g/mol. The third kappa shape index (κ3) is 3.26. The number of amides is 1. The molecule has 0 spiro atoms. The minimum atomic E-state index is -0.569. The molecule has 6 heteroatoms. The number of nitrogens with one attached hydrogen (secondary N) is 1. The summed E-state index contributed by atoms with van der Waals surface area (Å²) in [7, 11) is 1.62. The van der Waals surface area contributed by atoms with Gasteiger partial charge in [-0.25, -0.2) is 4.98 Å². The number of nitrogens with zero attached hydrogens (tertiary/aromatic N) is 1. The van der Waals surface area contributed by atoms with Crippen LogP contribution in [0.15, 0.2) is 36.5 Å². The Kier molecular flexibility index (Phi) is 4.55. The van der Waals surface area contributed by atoms with E-state index in [1.54, 1.807) is 13.2 Å². The van der Waals surface area contributed by atoms with Gasteiger partial charge in [0.05, 0.1) is 17.9 Å². The van der Waals surface area contributed by atoms with Crippen LogP contribution in [0, 0.1) is 0 Å². The number of aromatic nitrogens is 1. The number of carbonyl (C=O) groups excluding carboxylic acids is 1. The van der Waals surface area contributed by atoms with Crippen LogP contribution >= 0.6 is 11.6 Å². The zero-order chi connectivity index (χ0) is 14.5. The molecule has 1 amide bonds. The standard InChI is InChI=1S/C14H14ClN3O2/c1-20-8-9-4-2-3-5-11(9)18-12-6-13(15)17-7-10(12)14(16)19/h2-7H,8H2,1H3,(H2,16,19)(H,17,18). The normalized spacial score (nSPS) is 10.3. The zero-order valence-corrected chi connectivity index (χ0v) is 11.6. The van der Waals surface area contributed by atoms with Gasteiger partial charge in [0, 0.05) is 24.6 Å². The molecule has 0 aliphatic heterocycles. The number of rotatable bonds is 5. The highest BCUT2D eigenvalue weighted by Gasteiger charge is 2.11. The lowest BCUT2D eigenvalue weighted by atomic mass is 10.1. The van der Waals surface area contributed by atoms with Gasteiger partial charge in [-0.3, -0.25) is 4.79 Å². The fourth-order valence-electron chi connectivity index (χ4n) is 1.80. The summed E-state index contributed by atoms with van der Waals surface area (Å²) in [5.74, 6) is -0.569. The summed E-state index contributed by atoms with van der Waals surface area (Å²) in [6, 6.07) is 9.17. The van der Waals surface area contributed by atoms with Crippen LogP contribution in [0.2, 0.25) is 5.15 Å². The number of hydrogen-bond donors (Lipinski definition) is 2. The first kappa shape index (κ1) is 14.3. The Hall–Kier alpha value is -2.11. The molecule has 0 atom stereocenters. The quantitative estimate of drug-likeness (QED) is 0.830. The van der Waals surface area contributed by atoms with Crippen LogP contribution in [0.4, 0.5) is 11.4 Å². The molecule has 0 aliphatic rings. The van der Waals surface area contributed by atoms with Gasteiger partial charge in [-0.05, 0) is 12.1 Å². The minimum absolute atomic E-state index is 0.279. The van der Waals surface area contributed by atoms with Gasteiger partial charge < -0.3 is 15.8 Å². The minimum Gasteiger partial charge on any atom is -0.380 e. The van der Waals surface area contributed by atoms with E-state index in [0.29, 0.717) is 12.3 Å². The summed E-state index contributed by atoms with van der Waals surface area (Å²) in [6.07, 6.45) is 1.35. The van der Waals surface area contributed by atoms with Gasteiger partial charge in [0.2, 0.25) is 0 Å². The Bertz CT molecular complexity index is 632. The second-order valence-electron chi connectivity index (χ2n) is 4.13. The molecule has 0 bridgehead atoms. The van der Waals surface area contributed by atoms with Crippen LogP contribution < -0.4 is 11.1 Å². The number of methoxy groups -OCH3 is 1. The maximum absolute atomic E-state index is 11.4. The van der Waals surface area contributed by atoms with E-state index in [1.165, 1.54) is 6.20 Å². The van der Waals surface area contributed by atoms with Crippen molar-refractivity contribution in [2.45, 2.75) is 6.61 Å². The molecule has 5 nitrogen and oxygen atoms in total. The Morgan fingerprint density at radius 3 is 2.85 bits per heavy atom. The fourth-order valence-corrected chi connectivity index (χ4v) is 1.96. The highest BCUT2D eigenvalue weighted by Crippen LogP contribution is 2.25. The van der Waals surface area contributed by atoms with Crippen molar-refractivity contribution in [3.8, 4) is 0 Å². The van der Waals surface area contributed by atoms with Gasteiger partial charge in [0.1, 0.15) is 5.15 Å². The van der Waals surface area contributed by atoms with Crippen molar-refractivity contribution in [3.05, 3.63) is 52.8 Å². The molecule has 1 aromatic carbocycles. The van der Waals surface area contributed by atoms with Crippen molar-refractivity contribution in [1.29, 1.82) is 0 Å². The number of primary amides is 1. The molecular weight excluding hydrogens is 278 g/mol. The fraction of sp³-hybridized carbons (Fsp3) is 0.143. The predicted molar refractivity (Wildman–Crippen MR) is 78.2 cm³/mol. The number of pyridine rings is 1. The summed E-state index contributed by atoms with van der Waals surface area (Å²) in [6.45, 7) is 0.452. The van der Waals surface area contributed by atoms with Gasteiger partial charge in [-0.1, -0.05) is 29.8 Å². The molecule has 0 fully saturated rings. The van der Waals surface area contributed by atoms with Gasteiger partial charge >= 0.3 is 0 Å². The number of hydrogen-bond acceptors (Lipinski definition) is 4. The van der Waals surface area contributed by atoms with Crippen molar-refractivity contribution >= 4 is 28.9 Å². The number of nitrogens with two attached hydrogens (primary N) is 1. The molecule has 0 aliphatic carbocycles. The highest BCUT2D eigenvalue weighted by molar-refractivity contribution is 6.29. The predicted octanol–water partition coefficient (Wildman–Crippen LogP) is 2.72. The molecular formula is C14H14ClN3O2. The maximum Gasteiger partial charge on any atom is 0.252 e. The van der Waals surface area contributed by atoms with Crippen molar-refractivity contribution in [2.75, 3.05) is 12.4 Å². The molecule has 0 radical (unpaired) electrons. The van der Waals surface area contributed by atoms with E-state index in [4.69, 9.17) is 22.1 Å². The average molecular weight is 292 g/mol. The summed E-state index contributed by atoms with van der Waals surface area (Å²) < 4.78 is 5.14. The SMILES string of the molecule is COCc1ccccc1Nc1cc(Cl)ncc1C(N)=O. The number of para-hydroxylation sites is 1. The van der Waals surface area contributed by atoms with E-state index in [-0.39, 0.29) is 10.7 Å². The van der Waals surface area contributed by atoms with Crippen molar-refractivity contribution in [3.63, 3.8) is 0 Å². The lowest BCUT2D eigenvalue weighted by Gasteiger charge is -2.13. The Labute approximate surface area is 121 Å². The molecule has 0 saturated carbocycles. The number of ether oxygens (including phenoxy) is 1. The number of benzene rings is 1. The van der Waals surface area contributed by atoms with Crippen LogP contribution in [-0.2, 0) is 11.3 Å². The molecule has 3 N–H and O–H groups in total. The summed E-state index contributed by atoms with van der Waals surface area (Å²) in [5.41, 5.74) is 7.90. The largest absolute Gasteiger partial charge is 0.380 e. The smallest absolute Gasteiger partial charge is 0.252 e. The molecule has 1 heterocycles. The van der Waals surface area contributed by atoms with Crippen LogP contribution in [0.25, 0.3) is 0 Å². The molecule has 20 heavy (non-hydrogen) atoms. The number of halogens is 1. The molecule has 104 valence electrons. The second kappa shape index (κ2) is 6.36. The Balaban J connectivity index is 2.39. The molecule has 1 aromatic heterocycles. The van der Waals surface area contributed by atoms with Crippen molar-refractivity contribution in [2.24, 2.45) is 5.73 Å². The first-order valence-corrected chi connectivity index (χ1v) is 6.29. The lowest BCUT2D eigenvalue weighted by Crippen LogP contribution is -2.14. The van der Waals surface area contributed by atoms with Crippen molar-refractivity contribution < 1.29 is 9.53 Å². The summed E-state index contributed by atoms with van der Waals surface area (Å²) in [5, 5.41) is 3.42. The van der Waals surface area contributed by atoms with E-state index < -0.39 is 5.91 Å². The van der Waals surface area contributed by atoms with E-state index in [9.17, 15) is 4.79 Å². The number of carbonyl (C=O) groups is 1. The lowest BCUT2D eigenvalue weighted by molar-refractivity contribution is 0.100. The van der Waals surface area contributed by atoms with E-state index >= 15 is 0 Å². The van der Waals surface area contributed by atoms with Gasteiger partial charge in [0.25, 0.3) is 5.91 Å². The van der Waals surface area contributed by atoms with Crippen molar-refractivity contribution in [1.82, 2.24) is 4.98 Å². The topological polar surface area (TPSA) is 77.2 Å². The van der Waals surface area contributed by atoms with Crippen LogP contribution in [-0.4, -0.2) is 18.0 Å². The maximum atomic E-state index is 11.4. The third-order valence-electron chi connectivity index (χ3n) is 2.72. The first-order valence-electron chi connectivity index (χ1n) is 5.91. The van der Waals surface area contributed by atoms with Crippen LogP contribution in [0.5, 0.6) is 0 Å². The molecule has 0 unspecified atom stereocenters. The summed E-state index contributed by atoms with van der Waals surface area (Å²) in [4.78, 5) is 15.3. The van der Waals surface area contributed by atoms with Crippen LogP contribution in [0.1, 0.15) is 15.9 Å². The van der Waals surface area contributed by atoms with Gasteiger partial charge in [0.15, 0.2) is 0 Å². The Morgan fingerprint density at radius 2 is 2.15 bits per heavy atom. The van der Waals surface area contributed by atoms with Gasteiger partial charge in [-0.15, -0.1) is 0 Å². The molecule has 2 aromatic rings. The van der Waals surface area contributed by atoms with Gasteiger partial charge in [-0.2, -0.15) is 0 Å². The molecule has 0 saturated heterocycles.